The molecule has 0 aliphatic rings. The molecule has 1 aromatic heterocycles. The largest absolute Gasteiger partial charge is 0.497 e. The summed E-state index contributed by atoms with van der Waals surface area (Å²) >= 11 is 0. The van der Waals surface area contributed by atoms with Crippen molar-refractivity contribution in [3.05, 3.63) is 65.9 Å². The number of benzene rings is 2. The Kier molecular flexibility index (Phi) is 5.18. The topological polar surface area (TPSA) is 40.3 Å². The number of rotatable bonds is 7. The van der Waals surface area contributed by atoms with Crippen LogP contribution < -0.4 is 10.1 Å². The number of aromatic amines is 1. The number of hydrogen-bond acceptors (Lipinski definition) is 3. The lowest BCUT2D eigenvalue weighted by Gasteiger charge is -2.25. The van der Waals surface area contributed by atoms with Gasteiger partial charge in [0.1, 0.15) is 5.75 Å². The Morgan fingerprint density at radius 1 is 1.12 bits per heavy atom. The lowest BCUT2D eigenvalue weighted by molar-refractivity contribution is 0.287. The van der Waals surface area contributed by atoms with Gasteiger partial charge in [0.05, 0.1) is 7.11 Å². The van der Waals surface area contributed by atoms with E-state index < -0.39 is 0 Å². The van der Waals surface area contributed by atoms with Gasteiger partial charge in [-0.2, -0.15) is 0 Å². The van der Waals surface area contributed by atoms with Crippen LogP contribution >= 0.6 is 0 Å². The SMILES string of the molecule is COc1cccc(C(CNCc2cccc3[nH]ccc23)N(C)C)c1. The summed E-state index contributed by atoms with van der Waals surface area (Å²) in [7, 11) is 5.93. The number of nitrogens with zero attached hydrogens (tertiary/aromatic N) is 1. The van der Waals surface area contributed by atoms with Gasteiger partial charge < -0.3 is 19.9 Å². The molecule has 24 heavy (non-hydrogen) atoms. The normalized spacial score (nSPS) is 12.7. The second-order valence-corrected chi connectivity index (χ2v) is 6.24. The quantitative estimate of drug-likeness (QED) is 0.698. The highest BCUT2D eigenvalue weighted by atomic mass is 16.5. The lowest BCUT2D eigenvalue weighted by atomic mass is 10.1. The van der Waals surface area contributed by atoms with Crippen LogP contribution in [0.4, 0.5) is 0 Å². The van der Waals surface area contributed by atoms with Crippen LogP contribution in [-0.2, 0) is 6.54 Å². The van der Waals surface area contributed by atoms with Crippen molar-refractivity contribution in [3.8, 4) is 5.75 Å². The summed E-state index contributed by atoms with van der Waals surface area (Å²) in [5, 5.41) is 4.89. The highest BCUT2D eigenvalue weighted by Crippen LogP contribution is 2.22. The van der Waals surface area contributed by atoms with Gasteiger partial charge in [-0.25, -0.2) is 0 Å². The van der Waals surface area contributed by atoms with Crippen molar-refractivity contribution in [3.63, 3.8) is 0 Å². The molecule has 0 radical (unpaired) electrons. The van der Waals surface area contributed by atoms with E-state index in [-0.39, 0.29) is 0 Å². The number of methoxy groups -OCH3 is 1. The standard InChI is InChI=1S/C20H25N3O/c1-23(2)20(15-6-4-8-17(12-15)24-3)14-21-13-16-7-5-9-19-18(16)10-11-22-19/h4-12,20-22H,13-14H2,1-3H3. The van der Waals surface area contributed by atoms with Crippen molar-refractivity contribution in [2.45, 2.75) is 12.6 Å². The first-order valence-electron chi connectivity index (χ1n) is 8.25. The molecule has 0 saturated carbocycles. The number of H-pyrrole nitrogens is 1. The predicted octanol–water partition coefficient (Wildman–Crippen LogP) is 3.57. The second-order valence-electron chi connectivity index (χ2n) is 6.24. The fraction of sp³-hybridized carbons (Fsp3) is 0.300. The maximum Gasteiger partial charge on any atom is 0.119 e. The number of hydrogen-bond donors (Lipinski definition) is 2. The van der Waals surface area contributed by atoms with E-state index in [4.69, 9.17) is 4.74 Å². The average molecular weight is 323 g/mol. The van der Waals surface area contributed by atoms with E-state index in [2.05, 4.69) is 65.7 Å². The van der Waals surface area contributed by atoms with Crippen LogP contribution in [-0.4, -0.2) is 37.6 Å². The smallest absolute Gasteiger partial charge is 0.119 e. The third-order valence-electron chi connectivity index (χ3n) is 4.44. The number of ether oxygens (including phenoxy) is 1. The molecule has 3 rings (SSSR count). The highest BCUT2D eigenvalue weighted by molar-refractivity contribution is 5.82. The molecule has 2 N–H and O–H groups in total. The van der Waals surface area contributed by atoms with E-state index in [1.165, 1.54) is 22.0 Å². The fourth-order valence-electron chi connectivity index (χ4n) is 3.10. The fourth-order valence-corrected chi connectivity index (χ4v) is 3.10. The Balaban J connectivity index is 1.69. The van der Waals surface area contributed by atoms with Crippen molar-refractivity contribution in [1.29, 1.82) is 0 Å². The third kappa shape index (κ3) is 3.61. The molecule has 3 aromatic rings. The predicted molar refractivity (Wildman–Crippen MR) is 99.4 cm³/mol. The molecule has 1 atom stereocenters. The number of aromatic nitrogens is 1. The van der Waals surface area contributed by atoms with Crippen LogP contribution in [0.25, 0.3) is 10.9 Å². The van der Waals surface area contributed by atoms with Gasteiger partial charge in [-0.15, -0.1) is 0 Å². The summed E-state index contributed by atoms with van der Waals surface area (Å²) in [6, 6.07) is 17.1. The van der Waals surface area contributed by atoms with Gasteiger partial charge in [-0.1, -0.05) is 24.3 Å². The molecule has 0 aliphatic heterocycles. The number of fused-ring (bicyclic) bond motifs is 1. The Morgan fingerprint density at radius 3 is 2.75 bits per heavy atom. The number of likely N-dealkylation sites (N-methyl/N-ethyl adjacent to an activating group) is 1. The first-order valence-corrected chi connectivity index (χ1v) is 8.25. The molecule has 0 saturated heterocycles. The molecule has 2 aromatic carbocycles. The van der Waals surface area contributed by atoms with E-state index in [0.29, 0.717) is 6.04 Å². The molecule has 0 amide bonds. The number of nitrogens with one attached hydrogen (secondary N) is 2. The minimum atomic E-state index is 0.297. The minimum Gasteiger partial charge on any atom is -0.497 e. The molecular weight excluding hydrogens is 298 g/mol. The maximum absolute atomic E-state index is 5.36. The van der Waals surface area contributed by atoms with E-state index in [1.54, 1.807) is 7.11 Å². The van der Waals surface area contributed by atoms with Gasteiger partial charge in [0.15, 0.2) is 0 Å². The van der Waals surface area contributed by atoms with Crippen LogP contribution in [0.1, 0.15) is 17.2 Å². The first kappa shape index (κ1) is 16.6. The van der Waals surface area contributed by atoms with Gasteiger partial charge in [-0.05, 0) is 49.5 Å². The molecular formula is C20H25N3O. The zero-order chi connectivity index (χ0) is 16.9. The summed E-state index contributed by atoms with van der Waals surface area (Å²) in [5.41, 5.74) is 3.76. The Labute approximate surface area is 143 Å². The van der Waals surface area contributed by atoms with Gasteiger partial charge in [0.25, 0.3) is 0 Å². The van der Waals surface area contributed by atoms with Crippen LogP contribution in [0.5, 0.6) is 5.75 Å². The monoisotopic (exact) mass is 323 g/mol. The molecule has 0 bridgehead atoms. The summed E-state index contributed by atoms with van der Waals surface area (Å²) in [4.78, 5) is 5.50. The summed E-state index contributed by atoms with van der Waals surface area (Å²) in [5.74, 6) is 0.899. The molecule has 4 nitrogen and oxygen atoms in total. The minimum absolute atomic E-state index is 0.297. The molecule has 0 aliphatic carbocycles. The van der Waals surface area contributed by atoms with Crippen molar-refractivity contribution in [1.82, 2.24) is 15.2 Å². The molecule has 1 heterocycles. The van der Waals surface area contributed by atoms with E-state index in [1.807, 2.05) is 18.3 Å². The van der Waals surface area contributed by atoms with E-state index in [0.717, 1.165) is 18.8 Å². The summed E-state index contributed by atoms with van der Waals surface area (Å²) in [6.45, 7) is 1.73. The van der Waals surface area contributed by atoms with Gasteiger partial charge in [0.2, 0.25) is 0 Å². The van der Waals surface area contributed by atoms with Crippen molar-refractivity contribution < 1.29 is 4.74 Å². The molecule has 4 heteroatoms. The van der Waals surface area contributed by atoms with Crippen molar-refractivity contribution in [2.24, 2.45) is 0 Å². The highest BCUT2D eigenvalue weighted by Gasteiger charge is 2.14. The van der Waals surface area contributed by atoms with Crippen molar-refractivity contribution in [2.75, 3.05) is 27.7 Å². The molecule has 1 unspecified atom stereocenters. The summed E-state index contributed by atoms with van der Waals surface area (Å²) < 4.78 is 5.36. The Morgan fingerprint density at radius 2 is 1.96 bits per heavy atom. The third-order valence-corrected chi connectivity index (χ3v) is 4.44. The second kappa shape index (κ2) is 7.51. The Bertz CT molecular complexity index is 794. The zero-order valence-electron chi connectivity index (χ0n) is 14.5. The molecule has 0 fully saturated rings. The summed E-state index contributed by atoms with van der Waals surface area (Å²) in [6.07, 6.45) is 1.99. The zero-order valence-corrected chi connectivity index (χ0v) is 14.5. The Hall–Kier alpha value is -2.30. The van der Waals surface area contributed by atoms with Gasteiger partial charge >= 0.3 is 0 Å². The molecule has 0 spiro atoms. The average Bonchev–Trinajstić information content (AvgIpc) is 3.08. The van der Waals surface area contributed by atoms with Crippen LogP contribution in [0, 0.1) is 0 Å². The first-order chi connectivity index (χ1) is 11.7. The van der Waals surface area contributed by atoms with Crippen LogP contribution in [0.15, 0.2) is 54.7 Å². The van der Waals surface area contributed by atoms with E-state index >= 15 is 0 Å². The van der Waals surface area contributed by atoms with Gasteiger partial charge in [0, 0.05) is 36.2 Å². The van der Waals surface area contributed by atoms with E-state index in [9.17, 15) is 0 Å². The van der Waals surface area contributed by atoms with Crippen molar-refractivity contribution >= 4 is 10.9 Å². The van der Waals surface area contributed by atoms with Crippen LogP contribution in [0.3, 0.4) is 0 Å². The lowest BCUT2D eigenvalue weighted by Crippen LogP contribution is -2.30. The maximum atomic E-state index is 5.36. The van der Waals surface area contributed by atoms with Gasteiger partial charge in [-0.3, -0.25) is 0 Å². The molecule has 126 valence electrons. The van der Waals surface area contributed by atoms with Crippen LogP contribution in [0.2, 0.25) is 0 Å².